The summed E-state index contributed by atoms with van der Waals surface area (Å²) in [5.41, 5.74) is 2.39. The van der Waals surface area contributed by atoms with Gasteiger partial charge in [0.15, 0.2) is 0 Å². The number of hydrogen-bond donors (Lipinski definition) is 1. The topological polar surface area (TPSA) is 55.4 Å². The van der Waals surface area contributed by atoms with Crippen LogP contribution in [0.15, 0.2) is 24.3 Å². The minimum Gasteiger partial charge on any atom is -0.375 e. The van der Waals surface area contributed by atoms with E-state index in [0.717, 1.165) is 0 Å². The van der Waals surface area contributed by atoms with Gasteiger partial charge in [0.05, 0.1) is 25.0 Å². The molecule has 1 heterocycles. The van der Waals surface area contributed by atoms with E-state index in [4.69, 9.17) is 4.74 Å². The van der Waals surface area contributed by atoms with Gasteiger partial charge in [-0.25, -0.2) is 8.42 Å². The fourth-order valence-corrected chi connectivity index (χ4v) is 3.37. The summed E-state index contributed by atoms with van der Waals surface area (Å²) in [7, 11) is -2.95. The molecule has 0 saturated carbocycles. The van der Waals surface area contributed by atoms with Crippen molar-refractivity contribution >= 4 is 9.84 Å². The Bertz CT molecular complexity index is 513. The predicted octanol–water partition coefficient (Wildman–Crippen LogP) is 1.28. The third kappa shape index (κ3) is 3.54. The van der Waals surface area contributed by atoms with Gasteiger partial charge in [0.25, 0.3) is 0 Å². The molecule has 0 aromatic heterocycles. The summed E-state index contributed by atoms with van der Waals surface area (Å²) >= 11 is 0. The molecule has 1 aliphatic heterocycles. The summed E-state index contributed by atoms with van der Waals surface area (Å²) < 4.78 is 28.0. The minimum atomic E-state index is -2.95. The Labute approximate surface area is 108 Å². The van der Waals surface area contributed by atoms with E-state index in [0.29, 0.717) is 13.2 Å². The summed E-state index contributed by atoms with van der Waals surface area (Å²) in [4.78, 5) is 0. The van der Waals surface area contributed by atoms with Crippen LogP contribution in [0.1, 0.15) is 24.1 Å². The maximum Gasteiger partial charge on any atom is 0.148 e. The van der Waals surface area contributed by atoms with E-state index in [-0.39, 0.29) is 17.8 Å². The van der Waals surface area contributed by atoms with Crippen LogP contribution in [0, 0.1) is 0 Å². The third-order valence-corrected chi connectivity index (χ3v) is 4.12. The van der Waals surface area contributed by atoms with Crippen LogP contribution in [-0.2, 0) is 21.2 Å². The third-order valence-electron chi connectivity index (χ3n) is 3.01. The summed E-state index contributed by atoms with van der Waals surface area (Å²) in [6.07, 6.45) is 1.26. The van der Waals surface area contributed by atoms with Gasteiger partial charge in [0, 0.05) is 12.3 Å². The number of benzene rings is 1. The van der Waals surface area contributed by atoms with Crippen molar-refractivity contribution in [3.05, 3.63) is 35.4 Å². The molecule has 1 aromatic carbocycles. The second-order valence-corrected chi connectivity index (χ2v) is 7.11. The van der Waals surface area contributed by atoms with Gasteiger partial charge < -0.3 is 10.1 Å². The van der Waals surface area contributed by atoms with Crippen LogP contribution in [0.5, 0.6) is 0 Å². The van der Waals surface area contributed by atoms with Crippen molar-refractivity contribution in [2.75, 3.05) is 18.6 Å². The first-order valence-corrected chi connectivity index (χ1v) is 8.11. The molecule has 0 bridgehead atoms. The Morgan fingerprint density at radius 1 is 1.44 bits per heavy atom. The molecule has 5 heteroatoms. The molecular formula is C13H19NO3S. The Morgan fingerprint density at radius 2 is 2.17 bits per heavy atom. The minimum absolute atomic E-state index is 0.0756. The zero-order valence-electron chi connectivity index (χ0n) is 10.7. The molecule has 0 spiro atoms. The lowest BCUT2D eigenvalue weighted by Crippen LogP contribution is -2.39. The fraction of sp³-hybridized carbons (Fsp3) is 0.538. The van der Waals surface area contributed by atoms with Gasteiger partial charge in [-0.05, 0) is 18.1 Å². The maximum absolute atomic E-state index is 11.3. The molecule has 2 rings (SSSR count). The van der Waals surface area contributed by atoms with E-state index >= 15 is 0 Å². The highest BCUT2D eigenvalue weighted by atomic mass is 32.2. The molecule has 0 amide bonds. The van der Waals surface area contributed by atoms with Gasteiger partial charge in [-0.15, -0.1) is 0 Å². The Balaban J connectivity index is 2.07. The van der Waals surface area contributed by atoms with Gasteiger partial charge in [0.1, 0.15) is 9.84 Å². The average molecular weight is 269 g/mol. The van der Waals surface area contributed by atoms with Crippen LogP contribution < -0.4 is 5.32 Å². The molecular weight excluding hydrogens is 250 g/mol. The quantitative estimate of drug-likeness (QED) is 0.894. The molecule has 0 radical (unpaired) electrons. The summed E-state index contributed by atoms with van der Waals surface area (Å²) in [5, 5.41) is 3.33. The Kier molecular flexibility index (Phi) is 4.04. The predicted molar refractivity (Wildman–Crippen MR) is 71.1 cm³/mol. The van der Waals surface area contributed by atoms with Crippen molar-refractivity contribution in [1.29, 1.82) is 0 Å². The number of hydrogen-bond acceptors (Lipinski definition) is 4. The SMILES string of the molecule is CC(CS(C)(=O)=O)NC1COCc2ccccc21. The highest BCUT2D eigenvalue weighted by Crippen LogP contribution is 2.24. The van der Waals surface area contributed by atoms with Crippen LogP contribution in [0.3, 0.4) is 0 Å². The van der Waals surface area contributed by atoms with Crippen molar-refractivity contribution in [2.24, 2.45) is 0 Å². The van der Waals surface area contributed by atoms with Crippen molar-refractivity contribution in [1.82, 2.24) is 5.32 Å². The Hall–Kier alpha value is -0.910. The Morgan fingerprint density at radius 3 is 2.89 bits per heavy atom. The van der Waals surface area contributed by atoms with Gasteiger partial charge in [-0.1, -0.05) is 24.3 Å². The fourth-order valence-electron chi connectivity index (χ4n) is 2.37. The summed E-state index contributed by atoms with van der Waals surface area (Å²) in [6, 6.07) is 8.10. The molecule has 4 nitrogen and oxygen atoms in total. The van der Waals surface area contributed by atoms with Gasteiger partial charge >= 0.3 is 0 Å². The lowest BCUT2D eigenvalue weighted by molar-refractivity contribution is 0.0798. The first-order valence-electron chi connectivity index (χ1n) is 6.05. The number of nitrogens with one attached hydrogen (secondary N) is 1. The lowest BCUT2D eigenvalue weighted by atomic mass is 9.98. The lowest BCUT2D eigenvalue weighted by Gasteiger charge is -2.29. The first-order chi connectivity index (χ1) is 8.46. The highest BCUT2D eigenvalue weighted by molar-refractivity contribution is 7.90. The van der Waals surface area contributed by atoms with Crippen LogP contribution >= 0.6 is 0 Å². The average Bonchev–Trinajstić information content (AvgIpc) is 2.27. The van der Waals surface area contributed by atoms with Gasteiger partial charge in [-0.2, -0.15) is 0 Å². The molecule has 0 saturated heterocycles. The summed E-state index contributed by atoms with van der Waals surface area (Å²) in [6.45, 7) is 3.11. The molecule has 1 aromatic rings. The van der Waals surface area contributed by atoms with Crippen molar-refractivity contribution in [3.8, 4) is 0 Å². The molecule has 2 unspecified atom stereocenters. The van der Waals surface area contributed by atoms with Crippen molar-refractivity contribution < 1.29 is 13.2 Å². The van der Waals surface area contributed by atoms with E-state index in [1.807, 2.05) is 25.1 Å². The molecule has 0 fully saturated rings. The van der Waals surface area contributed by atoms with E-state index in [9.17, 15) is 8.42 Å². The van der Waals surface area contributed by atoms with Gasteiger partial charge in [-0.3, -0.25) is 0 Å². The monoisotopic (exact) mass is 269 g/mol. The maximum atomic E-state index is 11.3. The van der Waals surface area contributed by atoms with E-state index in [1.54, 1.807) is 0 Å². The molecule has 1 N–H and O–H groups in total. The molecule has 1 aliphatic rings. The van der Waals surface area contributed by atoms with Crippen molar-refractivity contribution in [2.45, 2.75) is 25.6 Å². The zero-order chi connectivity index (χ0) is 13.2. The van der Waals surface area contributed by atoms with E-state index < -0.39 is 9.84 Å². The molecule has 18 heavy (non-hydrogen) atoms. The molecule has 2 atom stereocenters. The van der Waals surface area contributed by atoms with Gasteiger partial charge in [0.2, 0.25) is 0 Å². The standard InChI is InChI=1S/C13H19NO3S/c1-10(9-18(2,15)16)14-13-8-17-7-11-5-3-4-6-12(11)13/h3-6,10,13-14H,7-9H2,1-2H3. The number of ether oxygens (including phenoxy) is 1. The number of rotatable bonds is 4. The first kappa shape index (κ1) is 13.5. The van der Waals surface area contributed by atoms with Crippen LogP contribution in [-0.4, -0.2) is 33.1 Å². The van der Waals surface area contributed by atoms with Crippen LogP contribution in [0.4, 0.5) is 0 Å². The zero-order valence-corrected chi connectivity index (χ0v) is 11.5. The summed E-state index contributed by atoms with van der Waals surface area (Å²) in [5.74, 6) is 0.145. The number of sulfone groups is 1. The van der Waals surface area contributed by atoms with Crippen LogP contribution in [0.2, 0.25) is 0 Å². The largest absolute Gasteiger partial charge is 0.375 e. The molecule has 0 aliphatic carbocycles. The normalized spacial score (nSPS) is 21.3. The molecule has 100 valence electrons. The second kappa shape index (κ2) is 5.38. The highest BCUT2D eigenvalue weighted by Gasteiger charge is 2.22. The smallest absolute Gasteiger partial charge is 0.148 e. The van der Waals surface area contributed by atoms with E-state index in [2.05, 4.69) is 11.4 Å². The number of fused-ring (bicyclic) bond motifs is 1. The van der Waals surface area contributed by atoms with Crippen molar-refractivity contribution in [3.63, 3.8) is 0 Å². The van der Waals surface area contributed by atoms with E-state index in [1.165, 1.54) is 17.4 Å². The van der Waals surface area contributed by atoms with Crippen LogP contribution in [0.25, 0.3) is 0 Å². The second-order valence-electron chi connectivity index (χ2n) is 4.93.